The minimum atomic E-state index is -1.16. The zero-order valence-electron chi connectivity index (χ0n) is 13.6. The topological polar surface area (TPSA) is 55.7 Å². The van der Waals surface area contributed by atoms with E-state index in [0.717, 1.165) is 5.56 Å². The third-order valence-electron chi connectivity index (χ3n) is 3.18. The van der Waals surface area contributed by atoms with Crippen LogP contribution >= 0.6 is 11.8 Å². The highest BCUT2D eigenvalue weighted by Gasteiger charge is 2.39. The lowest BCUT2D eigenvalue weighted by Gasteiger charge is -2.28. The smallest absolute Gasteiger partial charge is 0.336 e. The Morgan fingerprint density at radius 3 is 2.41 bits per heavy atom. The molecule has 5 heteroatoms. The van der Waals surface area contributed by atoms with E-state index in [-0.39, 0.29) is 11.4 Å². The molecule has 22 heavy (non-hydrogen) atoms. The van der Waals surface area contributed by atoms with Crippen molar-refractivity contribution in [3.8, 4) is 0 Å². The quantitative estimate of drug-likeness (QED) is 0.436. The van der Waals surface area contributed by atoms with Crippen LogP contribution in [0, 0.1) is 0 Å². The number of rotatable bonds is 7. The summed E-state index contributed by atoms with van der Waals surface area (Å²) in [4.78, 5) is 27.0. The summed E-state index contributed by atoms with van der Waals surface area (Å²) < 4.78 is 5.35. The Hall–Kier alpha value is -1.58. The predicted octanol–water partition coefficient (Wildman–Crippen LogP) is 3.75. The van der Waals surface area contributed by atoms with Crippen LogP contribution in [0.25, 0.3) is 0 Å². The van der Waals surface area contributed by atoms with Gasteiger partial charge in [0, 0.05) is 10.5 Å². The predicted molar refractivity (Wildman–Crippen MR) is 89.6 cm³/mol. The fourth-order valence-corrected chi connectivity index (χ4v) is 2.80. The lowest BCUT2D eigenvalue weighted by Crippen LogP contribution is -2.41. The lowest BCUT2D eigenvalue weighted by atomic mass is 10.00. The van der Waals surface area contributed by atoms with Gasteiger partial charge in [-0.25, -0.2) is 9.59 Å². The van der Waals surface area contributed by atoms with E-state index >= 15 is 0 Å². The van der Waals surface area contributed by atoms with Crippen molar-refractivity contribution in [2.45, 2.75) is 51.0 Å². The van der Waals surface area contributed by atoms with Crippen LogP contribution in [0.5, 0.6) is 0 Å². The van der Waals surface area contributed by atoms with E-state index in [0.29, 0.717) is 12.2 Å². The van der Waals surface area contributed by atoms with E-state index in [2.05, 4.69) is 25.8 Å². The van der Waals surface area contributed by atoms with Gasteiger partial charge in [-0.15, -0.1) is 0 Å². The van der Waals surface area contributed by atoms with Crippen molar-refractivity contribution in [3.63, 3.8) is 0 Å². The average molecular weight is 321 g/mol. The first kappa shape index (κ1) is 18.5. The van der Waals surface area contributed by atoms with Gasteiger partial charge in [0.05, 0.1) is 0 Å². The molecule has 0 saturated carbocycles. The van der Waals surface area contributed by atoms with Gasteiger partial charge in [-0.2, -0.15) is 16.8 Å². The number of hydrogen-bond donors (Lipinski definition) is 0. The number of carbonyl (C=O) groups excluding carboxylic acids is 2. The third-order valence-corrected chi connectivity index (χ3v) is 4.67. The van der Waals surface area contributed by atoms with Crippen LogP contribution in [-0.4, -0.2) is 28.1 Å². The molecule has 4 nitrogen and oxygen atoms in total. The minimum Gasteiger partial charge on any atom is -0.459 e. The second-order valence-corrected chi connectivity index (χ2v) is 7.85. The first-order chi connectivity index (χ1) is 10.3. The number of aliphatic imine (C=N–C) groups is 1. The van der Waals surface area contributed by atoms with E-state index in [9.17, 15) is 9.59 Å². The van der Waals surface area contributed by atoms with E-state index in [1.165, 1.54) is 6.08 Å². The number of carbonyl (C=O) groups is 1. The maximum atomic E-state index is 12.5. The molecule has 0 unspecified atom stereocenters. The molecule has 0 fully saturated rings. The Balaban J connectivity index is 2.81. The van der Waals surface area contributed by atoms with Crippen LogP contribution in [0.1, 0.15) is 39.7 Å². The summed E-state index contributed by atoms with van der Waals surface area (Å²) in [5, 5.41) is 0. The van der Waals surface area contributed by atoms with Crippen molar-refractivity contribution in [1.29, 1.82) is 0 Å². The Morgan fingerprint density at radius 2 is 1.91 bits per heavy atom. The van der Waals surface area contributed by atoms with Gasteiger partial charge < -0.3 is 4.74 Å². The van der Waals surface area contributed by atoms with Crippen molar-refractivity contribution in [2.75, 3.05) is 5.75 Å². The van der Waals surface area contributed by atoms with Gasteiger partial charge in [-0.1, -0.05) is 58.0 Å². The monoisotopic (exact) mass is 321 g/mol. The molecular weight excluding hydrogens is 298 g/mol. The summed E-state index contributed by atoms with van der Waals surface area (Å²) >= 11 is 1.58. The Morgan fingerprint density at radius 1 is 1.27 bits per heavy atom. The molecule has 1 aromatic carbocycles. The largest absolute Gasteiger partial charge is 0.459 e. The van der Waals surface area contributed by atoms with Crippen LogP contribution in [-0.2, 0) is 20.9 Å². The molecule has 0 spiro atoms. The number of hydrogen-bond acceptors (Lipinski definition) is 5. The van der Waals surface area contributed by atoms with Crippen LogP contribution in [0.3, 0.4) is 0 Å². The van der Waals surface area contributed by atoms with Gasteiger partial charge in [-0.05, 0) is 12.0 Å². The fraction of sp³-hybridized carbons (Fsp3) is 0.529. The second-order valence-electron chi connectivity index (χ2n) is 6.05. The molecule has 0 radical (unpaired) electrons. The summed E-state index contributed by atoms with van der Waals surface area (Å²) in [6.45, 7) is 8.16. The molecule has 1 atom stereocenters. The van der Waals surface area contributed by atoms with Crippen LogP contribution in [0.4, 0.5) is 0 Å². The highest BCUT2D eigenvalue weighted by molar-refractivity contribution is 8.00. The molecular formula is C17H23NO3S. The highest BCUT2D eigenvalue weighted by Crippen LogP contribution is 2.31. The van der Waals surface area contributed by atoms with Crippen LogP contribution < -0.4 is 0 Å². The van der Waals surface area contributed by atoms with Gasteiger partial charge in [0.15, 0.2) is 5.54 Å². The lowest BCUT2D eigenvalue weighted by molar-refractivity contribution is -0.150. The summed E-state index contributed by atoms with van der Waals surface area (Å²) in [6, 6.07) is 9.43. The fourth-order valence-electron chi connectivity index (χ4n) is 1.74. The first-order valence-electron chi connectivity index (χ1n) is 7.27. The maximum absolute atomic E-state index is 12.5. The van der Waals surface area contributed by atoms with Crippen molar-refractivity contribution < 1.29 is 14.3 Å². The number of nitrogens with zero attached hydrogens (tertiary/aromatic N) is 1. The number of benzene rings is 1. The van der Waals surface area contributed by atoms with Crippen LogP contribution in [0.2, 0.25) is 0 Å². The molecule has 120 valence electrons. The summed E-state index contributed by atoms with van der Waals surface area (Å²) in [5.41, 5.74) is -0.256. The first-order valence-corrected chi connectivity index (χ1v) is 8.26. The van der Waals surface area contributed by atoms with Gasteiger partial charge in [0.2, 0.25) is 6.08 Å². The van der Waals surface area contributed by atoms with E-state index < -0.39 is 11.5 Å². The minimum absolute atomic E-state index is 0.0292. The van der Waals surface area contributed by atoms with Gasteiger partial charge >= 0.3 is 5.97 Å². The zero-order chi connectivity index (χ0) is 16.6. The van der Waals surface area contributed by atoms with Gasteiger partial charge in [0.25, 0.3) is 0 Å². The highest BCUT2D eigenvalue weighted by atomic mass is 32.2. The molecule has 0 heterocycles. The molecule has 0 aromatic heterocycles. The summed E-state index contributed by atoms with van der Waals surface area (Å²) in [5.74, 6) is -0.0745. The summed E-state index contributed by atoms with van der Waals surface area (Å²) in [7, 11) is 0. The Labute approximate surface area is 136 Å². The average Bonchev–Trinajstić information content (AvgIpc) is 2.49. The van der Waals surface area contributed by atoms with E-state index in [4.69, 9.17) is 4.74 Å². The SMILES string of the molecule is CC[C@](CSC(C)(C)C)(N=C=O)C(=O)OCc1ccccc1. The zero-order valence-corrected chi connectivity index (χ0v) is 14.4. The molecule has 0 saturated heterocycles. The number of esters is 1. The van der Waals surface area contributed by atoms with Crippen LogP contribution in [0.15, 0.2) is 35.3 Å². The van der Waals surface area contributed by atoms with Gasteiger partial charge in [0.1, 0.15) is 6.61 Å². The molecule has 0 amide bonds. The van der Waals surface area contributed by atoms with Gasteiger partial charge in [-0.3, -0.25) is 0 Å². The standard InChI is InChI=1S/C17H23NO3S/c1-5-17(18-13-19,12-22-16(2,3)4)15(20)21-11-14-9-7-6-8-10-14/h6-10H,5,11-12H2,1-4H3/t17-/m1/s1. The van der Waals surface area contributed by atoms with Crippen molar-refractivity contribution in [1.82, 2.24) is 0 Å². The molecule has 1 rings (SSSR count). The Bertz CT molecular complexity index is 533. The second kappa shape index (κ2) is 8.16. The molecule has 0 aliphatic heterocycles. The molecule has 0 aliphatic carbocycles. The normalized spacial score (nSPS) is 13.8. The van der Waals surface area contributed by atoms with E-state index in [1.54, 1.807) is 11.8 Å². The van der Waals surface area contributed by atoms with Crippen molar-refractivity contribution in [3.05, 3.63) is 35.9 Å². The molecule has 0 aliphatic rings. The number of ether oxygens (including phenoxy) is 1. The number of thioether (sulfide) groups is 1. The van der Waals surface area contributed by atoms with Crippen molar-refractivity contribution in [2.24, 2.45) is 4.99 Å². The summed E-state index contributed by atoms with van der Waals surface area (Å²) in [6.07, 6.45) is 1.94. The molecule has 0 bridgehead atoms. The number of isocyanates is 1. The molecule has 1 aromatic rings. The molecule has 0 N–H and O–H groups in total. The third kappa shape index (κ3) is 5.66. The van der Waals surface area contributed by atoms with E-state index in [1.807, 2.05) is 37.3 Å². The maximum Gasteiger partial charge on any atom is 0.336 e. The Kier molecular flexibility index (Phi) is 6.85. The van der Waals surface area contributed by atoms with Crippen molar-refractivity contribution >= 4 is 23.8 Å².